The summed E-state index contributed by atoms with van der Waals surface area (Å²) in [7, 11) is 1.32. The van der Waals surface area contributed by atoms with Gasteiger partial charge in [0.05, 0.1) is 7.11 Å². The minimum Gasteiger partial charge on any atom is -0.467 e. The van der Waals surface area contributed by atoms with Crippen LogP contribution in [0.4, 0.5) is 10.1 Å². The molecular weight excluding hydrogens is 209 g/mol. The van der Waals surface area contributed by atoms with Gasteiger partial charge >= 0.3 is 5.97 Å². The predicted octanol–water partition coefficient (Wildman–Crippen LogP) is 2.50. The maximum Gasteiger partial charge on any atom is 0.330 e. The van der Waals surface area contributed by atoms with Crippen molar-refractivity contribution < 1.29 is 13.9 Å². The number of hydrogen-bond acceptors (Lipinski definition) is 3. The van der Waals surface area contributed by atoms with Crippen molar-refractivity contribution in [2.45, 2.75) is 26.3 Å². The Morgan fingerprint density at radius 2 is 2.00 bits per heavy atom. The minimum absolute atomic E-state index is 0.330. The first kappa shape index (κ1) is 12.5. The highest BCUT2D eigenvalue weighted by Gasteiger charge is 2.28. The monoisotopic (exact) mass is 225 g/mol. The van der Waals surface area contributed by atoms with E-state index in [0.717, 1.165) is 5.56 Å². The molecule has 1 N–H and O–H groups in total. The van der Waals surface area contributed by atoms with Crippen molar-refractivity contribution in [1.82, 2.24) is 0 Å². The first-order valence-corrected chi connectivity index (χ1v) is 4.99. The Labute approximate surface area is 94.6 Å². The maximum atomic E-state index is 13.1. The van der Waals surface area contributed by atoms with Crippen LogP contribution in [-0.4, -0.2) is 18.6 Å². The molecule has 0 atom stereocenters. The van der Waals surface area contributed by atoms with Crippen LogP contribution in [0.1, 0.15) is 19.4 Å². The van der Waals surface area contributed by atoms with Crippen LogP contribution < -0.4 is 5.32 Å². The van der Waals surface area contributed by atoms with Crippen molar-refractivity contribution in [2.75, 3.05) is 12.4 Å². The van der Waals surface area contributed by atoms with Crippen molar-refractivity contribution in [3.8, 4) is 0 Å². The van der Waals surface area contributed by atoms with Gasteiger partial charge in [0.2, 0.25) is 0 Å². The number of hydrogen-bond donors (Lipinski definition) is 1. The second-order valence-corrected chi connectivity index (χ2v) is 4.26. The SMILES string of the molecule is COC(=O)C(C)(C)Nc1cc(C)cc(F)c1. The Bertz CT molecular complexity index is 382. The smallest absolute Gasteiger partial charge is 0.330 e. The number of aryl methyl sites for hydroxylation is 1. The summed E-state index contributed by atoms with van der Waals surface area (Å²) in [6, 6.07) is 4.54. The van der Waals surface area contributed by atoms with Crippen LogP contribution in [0.2, 0.25) is 0 Å². The van der Waals surface area contributed by atoms with Gasteiger partial charge in [-0.05, 0) is 44.5 Å². The van der Waals surface area contributed by atoms with Crippen LogP contribution in [0.3, 0.4) is 0 Å². The Morgan fingerprint density at radius 1 is 1.38 bits per heavy atom. The topological polar surface area (TPSA) is 38.3 Å². The van der Waals surface area contributed by atoms with Gasteiger partial charge in [0.25, 0.3) is 0 Å². The standard InChI is InChI=1S/C12H16FNO2/c1-8-5-9(13)7-10(6-8)14-12(2,3)11(15)16-4/h5-7,14H,1-4H3. The van der Waals surface area contributed by atoms with E-state index in [4.69, 9.17) is 0 Å². The normalized spacial score (nSPS) is 11.1. The fourth-order valence-electron chi connectivity index (χ4n) is 1.48. The summed E-state index contributed by atoms with van der Waals surface area (Å²) in [6.45, 7) is 5.15. The average molecular weight is 225 g/mol. The number of carbonyl (C=O) groups excluding carboxylic acids is 1. The number of rotatable bonds is 3. The Morgan fingerprint density at radius 3 is 2.50 bits per heavy atom. The van der Waals surface area contributed by atoms with Gasteiger partial charge in [0.15, 0.2) is 0 Å². The third-order valence-electron chi connectivity index (χ3n) is 2.19. The molecule has 0 saturated heterocycles. The number of esters is 1. The Balaban J connectivity index is 2.91. The largest absolute Gasteiger partial charge is 0.467 e. The van der Waals surface area contributed by atoms with Gasteiger partial charge in [-0.3, -0.25) is 0 Å². The molecule has 4 heteroatoms. The molecule has 0 aromatic heterocycles. The summed E-state index contributed by atoms with van der Waals surface area (Å²) in [4.78, 5) is 11.4. The maximum absolute atomic E-state index is 13.1. The zero-order valence-electron chi connectivity index (χ0n) is 9.93. The highest BCUT2D eigenvalue weighted by atomic mass is 19.1. The molecule has 3 nitrogen and oxygen atoms in total. The molecule has 0 fully saturated rings. The fourth-order valence-corrected chi connectivity index (χ4v) is 1.48. The van der Waals surface area contributed by atoms with E-state index in [1.165, 1.54) is 19.2 Å². The second kappa shape index (κ2) is 4.51. The molecule has 0 amide bonds. The van der Waals surface area contributed by atoms with E-state index >= 15 is 0 Å². The molecular formula is C12H16FNO2. The van der Waals surface area contributed by atoms with E-state index in [1.54, 1.807) is 26.8 Å². The van der Waals surface area contributed by atoms with Gasteiger partial charge in [0.1, 0.15) is 11.4 Å². The number of carbonyl (C=O) groups is 1. The lowest BCUT2D eigenvalue weighted by Gasteiger charge is -2.24. The van der Waals surface area contributed by atoms with Gasteiger partial charge in [-0.15, -0.1) is 0 Å². The van der Waals surface area contributed by atoms with Crippen LogP contribution >= 0.6 is 0 Å². The zero-order chi connectivity index (χ0) is 12.3. The number of nitrogens with one attached hydrogen (secondary N) is 1. The first-order chi connectivity index (χ1) is 7.35. The summed E-state index contributed by atoms with van der Waals surface area (Å²) in [5.41, 5.74) is 0.477. The average Bonchev–Trinajstić information content (AvgIpc) is 2.13. The third-order valence-corrected chi connectivity index (χ3v) is 2.19. The number of methoxy groups -OCH3 is 1. The van der Waals surface area contributed by atoms with Gasteiger partial charge in [-0.2, -0.15) is 0 Å². The molecule has 16 heavy (non-hydrogen) atoms. The van der Waals surface area contributed by atoms with Crippen molar-refractivity contribution >= 4 is 11.7 Å². The van der Waals surface area contributed by atoms with Gasteiger partial charge < -0.3 is 10.1 Å². The van der Waals surface area contributed by atoms with Crippen molar-refractivity contribution in [2.24, 2.45) is 0 Å². The van der Waals surface area contributed by atoms with E-state index in [1.807, 2.05) is 0 Å². The number of ether oxygens (including phenoxy) is 1. The summed E-state index contributed by atoms with van der Waals surface area (Å²) >= 11 is 0. The number of anilines is 1. The summed E-state index contributed by atoms with van der Waals surface area (Å²) in [5, 5.41) is 2.94. The molecule has 0 heterocycles. The molecule has 1 aromatic carbocycles. The molecule has 0 radical (unpaired) electrons. The van der Waals surface area contributed by atoms with Crippen LogP contribution in [0.25, 0.3) is 0 Å². The van der Waals surface area contributed by atoms with Crippen molar-refractivity contribution in [3.63, 3.8) is 0 Å². The molecule has 0 bridgehead atoms. The second-order valence-electron chi connectivity index (χ2n) is 4.26. The third kappa shape index (κ3) is 2.95. The lowest BCUT2D eigenvalue weighted by molar-refractivity contribution is -0.144. The zero-order valence-corrected chi connectivity index (χ0v) is 9.93. The van der Waals surface area contributed by atoms with Crippen LogP contribution in [0.5, 0.6) is 0 Å². The van der Waals surface area contributed by atoms with Crippen LogP contribution in [0.15, 0.2) is 18.2 Å². The van der Waals surface area contributed by atoms with Gasteiger partial charge in [0, 0.05) is 5.69 Å². The van der Waals surface area contributed by atoms with E-state index < -0.39 is 11.5 Å². The molecule has 0 spiro atoms. The number of halogens is 1. The van der Waals surface area contributed by atoms with Crippen LogP contribution in [-0.2, 0) is 9.53 Å². The van der Waals surface area contributed by atoms with Crippen molar-refractivity contribution in [3.05, 3.63) is 29.6 Å². The quantitative estimate of drug-likeness (QED) is 0.803. The summed E-state index contributed by atoms with van der Waals surface area (Å²) in [5.74, 6) is -0.724. The lowest BCUT2D eigenvalue weighted by atomic mass is 10.1. The molecule has 0 saturated carbocycles. The Hall–Kier alpha value is -1.58. The Kier molecular flexibility index (Phi) is 3.52. The predicted molar refractivity (Wildman–Crippen MR) is 60.9 cm³/mol. The van der Waals surface area contributed by atoms with E-state index in [2.05, 4.69) is 10.1 Å². The molecule has 0 aliphatic heterocycles. The first-order valence-electron chi connectivity index (χ1n) is 4.99. The molecule has 88 valence electrons. The molecule has 0 aliphatic carbocycles. The lowest BCUT2D eigenvalue weighted by Crippen LogP contribution is -2.41. The molecule has 0 unspecified atom stereocenters. The molecule has 0 aliphatic rings. The number of benzene rings is 1. The van der Waals surface area contributed by atoms with Gasteiger partial charge in [-0.1, -0.05) is 0 Å². The highest BCUT2D eigenvalue weighted by molar-refractivity contribution is 5.83. The van der Waals surface area contributed by atoms with Crippen LogP contribution in [0, 0.1) is 12.7 Å². The summed E-state index contributed by atoms with van der Waals surface area (Å²) < 4.78 is 17.8. The van der Waals surface area contributed by atoms with Gasteiger partial charge in [-0.25, -0.2) is 9.18 Å². The fraction of sp³-hybridized carbons (Fsp3) is 0.417. The van der Waals surface area contributed by atoms with E-state index in [-0.39, 0.29) is 5.82 Å². The van der Waals surface area contributed by atoms with E-state index in [9.17, 15) is 9.18 Å². The van der Waals surface area contributed by atoms with Crippen molar-refractivity contribution in [1.29, 1.82) is 0 Å². The molecule has 1 aromatic rings. The highest BCUT2D eigenvalue weighted by Crippen LogP contribution is 2.19. The molecule has 1 rings (SSSR count). The van der Waals surface area contributed by atoms with E-state index in [0.29, 0.717) is 5.69 Å². The minimum atomic E-state index is -0.880. The summed E-state index contributed by atoms with van der Waals surface area (Å²) in [6.07, 6.45) is 0.